The second-order valence-corrected chi connectivity index (χ2v) is 8.35. The minimum absolute atomic E-state index is 0.166. The van der Waals surface area contributed by atoms with Crippen LogP contribution in [0.3, 0.4) is 0 Å². The number of carbonyl (C=O) groups excluding carboxylic acids is 1. The van der Waals surface area contributed by atoms with E-state index in [1.807, 2.05) is 37.4 Å². The van der Waals surface area contributed by atoms with Crippen molar-refractivity contribution in [3.8, 4) is 0 Å². The fraction of sp³-hybridized carbons (Fsp3) is 0.150. The fourth-order valence-corrected chi connectivity index (χ4v) is 4.35. The lowest BCUT2D eigenvalue weighted by atomic mass is 10.1. The van der Waals surface area contributed by atoms with Gasteiger partial charge in [-0.15, -0.1) is 11.3 Å². The Hall–Kier alpha value is -2.64. The molecule has 5 nitrogen and oxygen atoms in total. The van der Waals surface area contributed by atoms with Crippen LogP contribution >= 0.6 is 23.1 Å². The van der Waals surface area contributed by atoms with E-state index in [2.05, 4.69) is 45.1 Å². The minimum Gasteiger partial charge on any atom is -0.354 e. The first-order chi connectivity index (χ1) is 13.1. The smallest absolute Gasteiger partial charge is 0.246 e. The van der Waals surface area contributed by atoms with Crippen molar-refractivity contribution in [2.24, 2.45) is 5.10 Å². The number of hydrogen-bond donors (Lipinski definition) is 2. The average Bonchev–Trinajstić information content (AvgIpc) is 3.08. The van der Waals surface area contributed by atoms with E-state index in [4.69, 9.17) is 0 Å². The first-order valence-electron chi connectivity index (χ1n) is 8.51. The van der Waals surface area contributed by atoms with Gasteiger partial charge in [-0.2, -0.15) is 5.10 Å². The van der Waals surface area contributed by atoms with Crippen LogP contribution in [-0.4, -0.2) is 16.6 Å². The zero-order valence-electron chi connectivity index (χ0n) is 14.9. The zero-order valence-corrected chi connectivity index (χ0v) is 16.6. The van der Waals surface area contributed by atoms with Crippen molar-refractivity contribution in [1.82, 2.24) is 10.4 Å². The van der Waals surface area contributed by atoms with Crippen LogP contribution in [0.1, 0.15) is 23.2 Å². The van der Waals surface area contributed by atoms with Gasteiger partial charge < -0.3 is 5.32 Å². The molecule has 0 spiro atoms. The third-order valence-electron chi connectivity index (χ3n) is 4.13. The van der Waals surface area contributed by atoms with Crippen molar-refractivity contribution in [3.05, 3.63) is 64.1 Å². The molecule has 1 aliphatic rings. The molecule has 0 saturated heterocycles. The number of hydrazone groups is 1. The van der Waals surface area contributed by atoms with Gasteiger partial charge in [0.25, 0.3) is 0 Å². The van der Waals surface area contributed by atoms with Crippen molar-refractivity contribution in [2.75, 3.05) is 5.32 Å². The molecule has 0 saturated carbocycles. The highest BCUT2D eigenvalue weighted by Crippen LogP contribution is 2.44. The Morgan fingerprint density at radius 3 is 2.81 bits per heavy atom. The molecule has 0 unspecified atom stereocenters. The zero-order chi connectivity index (χ0) is 18.8. The van der Waals surface area contributed by atoms with Crippen LogP contribution < -0.4 is 10.7 Å². The Labute approximate surface area is 165 Å². The first-order valence-corrected chi connectivity index (χ1v) is 10.2. The third-order valence-corrected chi connectivity index (χ3v) is 6.10. The van der Waals surface area contributed by atoms with E-state index in [0.29, 0.717) is 0 Å². The minimum atomic E-state index is -0.166. The molecule has 0 aliphatic carbocycles. The highest BCUT2D eigenvalue weighted by Gasteiger charge is 2.16. The second-order valence-electron chi connectivity index (χ2n) is 6.20. The van der Waals surface area contributed by atoms with E-state index in [1.54, 1.807) is 23.1 Å². The van der Waals surface area contributed by atoms with Crippen LogP contribution in [0.5, 0.6) is 0 Å². The molecule has 2 heterocycles. The van der Waals surface area contributed by atoms with Gasteiger partial charge in [-0.1, -0.05) is 30.0 Å². The molecule has 1 amide bonds. The molecule has 0 fully saturated rings. The van der Waals surface area contributed by atoms with E-state index in [1.165, 1.54) is 9.79 Å². The van der Waals surface area contributed by atoms with E-state index in [0.717, 1.165) is 33.4 Å². The Kier molecular flexibility index (Phi) is 4.96. The van der Waals surface area contributed by atoms with Gasteiger partial charge in [0.15, 0.2) is 0 Å². The summed E-state index contributed by atoms with van der Waals surface area (Å²) in [6.07, 6.45) is 0.236. The average molecular weight is 395 g/mol. The van der Waals surface area contributed by atoms with Crippen LogP contribution in [0, 0.1) is 6.92 Å². The Morgan fingerprint density at radius 1 is 1.19 bits per heavy atom. The number of nitrogens with zero attached hydrogens (tertiary/aromatic N) is 2. The van der Waals surface area contributed by atoms with Crippen LogP contribution in [0.2, 0.25) is 0 Å². The third kappa shape index (κ3) is 4.04. The molecule has 3 aromatic rings. The maximum atomic E-state index is 12.1. The Bertz CT molecular complexity index is 1040. The SMILES string of the molecule is CC(=NNC(=O)Cc1csc(C)n1)c1ccc2c(c1)Nc1ccccc1S2. The molecule has 27 heavy (non-hydrogen) atoms. The molecule has 0 atom stereocenters. The molecule has 0 radical (unpaired) electrons. The summed E-state index contributed by atoms with van der Waals surface area (Å²) in [5.74, 6) is -0.166. The summed E-state index contributed by atoms with van der Waals surface area (Å²) in [7, 11) is 0. The topological polar surface area (TPSA) is 66.4 Å². The summed E-state index contributed by atoms with van der Waals surface area (Å²) in [6, 6.07) is 14.4. The van der Waals surface area contributed by atoms with E-state index >= 15 is 0 Å². The quantitative estimate of drug-likeness (QED) is 0.387. The summed E-state index contributed by atoms with van der Waals surface area (Å²) in [5, 5.41) is 10.6. The predicted octanol–water partition coefficient (Wildman–Crippen LogP) is 4.74. The molecule has 1 aromatic heterocycles. The number of carbonyl (C=O) groups is 1. The normalized spacial score (nSPS) is 12.7. The van der Waals surface area contributed by atoms with Gasteiger partial charge in [-0.05, 0) is 43.7 Å². The lowest BCUT2D eigenvalue weighted by molar-refractivity contribution is -0.120. The number of anilines is 2. The summed E-state index contributed by atoms with van der Waals surface area (Å²) < 4.78 is 0. The van der Waals surface area contributed by atoms with Gasteiger partial charge in [0, 0.05) is 15.2 Å². The largest absolute Gasteiger partial charge is 0.354 e. The molecule has 2 N–H and O–H groups in total. The standard InChI is InChI=1S/C20H18N4OS2/c1-12(23-24-20(25)10-15-11-26-13(2)21-15)14-7-8-19-17(9-14)22-16-5-3-4-6-18(16)27-19/h3-9,11,22H,10H2,1-2H3,(H,24,25). The van der Waals surface area contributed by atoms with Crippen LogP contribution in [-0.2, 0) is 11.2 Å². The van der Waals surface area contributed by atoms with Gasteiger partial charge >= 0.3 is 0 Å². The summed E-state index contributed by atoms with van der Waals surface area (Å²) in [5.41, 5.74) is 7.27. The van der Waals surface area contributed by atoms with Gasteiger partial charge in [0.2, 0.25) is 5.91 Å². The number of amides is 1. The number of benzene rings is 2. The number of thiazole rings is 1. The molecule has 1 aliphatic heterocycles. The maximum absolute atomic E-state index is 12.1. The lowest BCUT2D eigenvalue weighted by Gasteiger charge is -2.21. The van der Waals surface area contributed by atoms with Crippen molar-refractivity contribution < 1.29 is 4.79 Å². The van der Waals surface area contributed by atoms with Crippen molar-refractivity contribution in [2.45, 2.75) is 30.1 Å². The molecule has 4 rings (SSSR count). The van der Waals surface area contributed by atoms with Crippen molar-refractivity contribution >= 4 is 46.1 Å². The summed E-state index contributed by atoms with van der Waals surface area (Å²) in [6.45, 7) is 3.81. The number of rotatable bonds is 4. The molecular weight excluding hydrogens is 376 g/mol. The van der Waals surface area contributed by atoms with Gasteiger partial charge in [0.1, 0.15) is 0 Å². The Morgan fingerprint density at radius 2 is 2.00 bits per heavy atom. The van der Waals surface area contributed by atoms with Gasteiger partial charge in [-0.25, -0.2) is 10.4 Å². The van der Waals surface area contributed by atoms with Crippen LogP contribution in [0.25, 0.3) is 0 Å². The number of hydrogen-bond acceptors (Lipinski definition) is 6. The van der Waals surface area contributed by atoms with E-state index < -0.39 is 0 Å². The predicted molar refractivity (Wildman–Crippen MR) is 111 cm³/mol. The number of para-hydroxylation sites is 1. The van der Waals surface area contributed by atoms with E-state index in [-0.39, 0.29) is 12.3 Å². The van der Waals surface area contributed by atoms with Gasteiger partial charge in [0.05, 0.1) is 34.2 Å². The Balaban J connectivity index is 1.45. The lowest BCUT2D eigenvalue weighted by Crippen LogP contribution is -2.21. The molecule has 7 heteroatoms. The molecule has 2 aromatic carbocycles. The van der Waals surface area contributed by atoms with Gasteiger partial charge in [-0.3, -0.25) is 4.79 Å². The second kappa shape index (κ2) is 7.54. The van der Waals surface area contributed by atoms with Crippen molar-refractivity contribution in [1.29, 1.82) is 0 Å². The van der Waals surface area contributed by atoms with Crippen LogP contribution in [0.15, 0.2) is 62.7 Å². The monoisotopic (exact) mass is 394 g/mol. The summed E-state index contributed by atoms with van der Waals surface area (Å²) in [4.78, 5) is 18.7. The molecule has 136 valence electrons. The van der Waals surface area contributed by atoms with E-state index in [9.17, 15) is 4.79 Å². The number of fused-ring (bicyclic) bond motifs is 2. The first kappa shape index (κ1) is 17.8. The van der Waals surface area contributed by atoms with Crippen LogP contribution in [0.4, 0.5) is 11.4 Å². The highest BCUT2D eigenvalue weighted by molar-refractivity contribution is 7.99. The van der Waals surface area contributed by atoms with Crippen molar-refractivity contribution in [3.63, 3.8) is 0 Å². The molecule has 0 bridgehead atoms. The maximum Gasteiger partial charge on any atom is 0.246 e. The number of aryl methyl sites for hydroxylation is 1. The highest BCUT2D eigenvalue weighted by atomic mass is 32.2. The number of aromatic nitrogens is 1. The number of nitrogens with one attached hydrogen (secondary N) is 2. The summed E-state index contributed by atoms with van der Waals surface area (Å²) >= 11 is 3.29. The molecular formula is C20H18N4OS2. The fourth-order valence-electron chi connectivity index (χ4n) is 2.77.